The molecule has 3 heteroatoms. The number of nitrogens with zero attached hydrogens (tertiary/aromatic N) is 1. The van der Waals surface area contributed by atoms with Crippen molar-refractivity contribution in [1.82, 2.24) is 4.98 Å². The molecule has 1 heterocycles. The highest BCUT2D eigenvalue weighted by molar-refractivity contribution is 5.64. The summed E-state index contributed by atoms with van der Waals surface area (Å²) >= 11 is 0. The molecule has 1 aromatic heterocycles. The van der Waals surface area contributed by atoms with Gasteiger partial charge in [0.2, 0.25) is 0 Å². The first kappa shape index (κ1) is 18.8. The predicted molar refractivity (Wildman–Crippen MR) is 103 cm³/mol. The number of pyridine rings is 1. The lowest BCUT2D eigenvalue weighted by Crippen LogP contribution is -2.12. The normalized spacial score (nSPS) is 20.6. The Morgan fingerprint density at radius 3 is 2.42 bits per heavy atom. The van der Waals surface area contributed by atoms with Gasteiger partial charge in [-0.25, -0.2) is 8.78 Å². The molecule has 1 aliphatic rings. The van der Waals surface area contributed by atoms with Gasteiger partial charge in [-0.2, -0.15) is 0 Å². The van der Waals surface area contributed by atoms with E-state index in [9.17, 15) is 8.78 Å². The van der Waals surface area contributed by atoms with Gasteiger partial charge in [-0.15, -0.1) is 0 Å². The minimum Gasteiger partial charge on any atom is -0.260 e. The summed E-state index contributed by atoms with van der Waals surface area (Å²) in [6.45, 7) is 4.03. The maximum absolute atomic E-state index is 14.4. The molecule has 0 radical (unpaired) electrons. The second-order valence-electron chi connectivity index (χ2n) is 7.26. The van der Waals surface area contributed by atoms with Gasteiger partial charge in [0, 0.05) is 28.9 Å². The average molecular weight is 355 g/mol. The van der Waals surface area contributed by atoms with E-state index in [1.807, 2.05) is 19.1 Å². The topological polar surface area (TPSA) is 12.9 Å². The summed E-state index contributed by atoms with van der Waals surface area (Å²) in [5, 5.41) is 0. The Morgan fingerprint density at radius 1 is 1.04 bits per heavy atom. The third kappa shape index (κ3) is 4.03. The lowest BCUT2D eigenvalue weighted by molar-refractivity contribution is 0.371. The van der Waals surface area contributed by atoms with Crippen LogP contribution in [0.3, 0.4) is 0 Å². The molecule has 26 heavy (non-hydrogen) atoms. The Labute approximate surface area is 155 Å². The van der Waals surface area contributed by atoms with Crippen molar-refractivity contribution >= 4 is 0 Å². The Hall–Kier alpha value is -2.03. The first-order valence-corrected chi connectivity index (χ1v) is 9.70. The molecule has 0 atom stereocenters. The molecule has 0 N–H and O–H groups in total. The number of aryl methyl sites for hydroxylation is 1. The van der Waals surface area contributed by atoms with Crippen LogP contribution in [0.4, 0.5) is 8.78 Å². The number of aromatic nitrogens is 1. The van der Waals surface area contributed by atoms with Crippen LogP contribution in [0, 0.1) is 17.6 Å². The lowest BCUT2D eigenvalue weighted by atomic mass is 9.80. The van der Waals surface area contributed by atoms with E-state index in [4.69, 9.17) is 0 Å². The molecule has 1 saturated carbocycles. The standard InChI is InChI=1S/C23H27F2N/c1-3-5-16-7-9-17(10-8-16)21-14-12-19(15-26-21)20-13-11-18(6-4-2)22(24)23(20)25/h3,5,11-17H,4,6-10H2,1-2H3/b5-3+. The summed E-state index contributed by atoms with van der Waals surface area (Å²) in [5.41, 5.74) is 2.43. The fourth-order valence-electron chi connectivity index (χ4n) is 3.96. The number of benzene rings is 1. The minimum absolute atomic E-state index is 0.290. The van der Waals surface area contributed by atoms with Gasteiger partial charge in [-0.3, -0.25) is 4.98 Å². The van der Waals surface area contributed by atoms with Crippen LogP contribution < -0.4 is 0 Å². The molecule has 0 unspecified atom stereocenters. The third-order valence-electron chi connectivity index (χ3n) is 5.43. The average Bonchev–Trinajstić information content (AvgIpc) is 2.67. The van der Waals surface area contributed by atoms with E-state index in [1.165, 1.54) is 12.8 Å². The molecular weight excluding hydrogens is 328 g/mol. The molecule has 1 nitrogen and oxygen atoms in total. The third-order valence-corrected chi connectivity index (χ3v) is 5.43. The second-order valence-corrected chi connectivity index (χ2v) is 7.26. The smallest absolute Gasteiger partial charge is 0.166 e. The summed E-state index contributed by atoms with van der Waals surface area (Å²) in [7, 11) is 0. The Kier molecular flexibility index (Phi) is 6.18. The van der Waals surface area contributed by atoms with Crippen LogP contribution in [0.5, 0.6) is 0 Å². The molecule has 0 aliphatic heterocycles. The van der Waals surface area contributed by atoms with Gasteiger partial charge in [0.25, 0.3) is 0 Å². The highest BCUT2D eigenvalue weighted by atomic mass is 19.2. The van der Waals surface area contributed by atoms with E-state index in [-0.39, 0.29) is 5.56 Å². The Balaban J connectivity index is 1.75. The zero-order valence-electron chi connectivity index (χ0n) is 15.6. The van der Waals surface area contributed by atoms with Crippen LogP contribution in [-0.4, -0.2) is 4.98 Å². The summed E-state index contributed by atoms with van der Waals surface area (Å²) in [6.07, 6.45) is 12.1. The summed E-state index contributed by atoms with van der Waals surface area (Å²) in [4.78, 5) is 4.57. The van der Waals surface area contributed by atoms with Crippen molar-refractivity contribution in [3.05, 3.63) is 65.5 Å². The van der Waals surface area contributed by atoms with Crippen molar-refractivity contribution in [2.45, 2.75) is 58.3 Å². The molecule has 1 fully saturated rings. The maximum atomic E-state index is 14.4. The largest absolute Gasteiger partial charge is 0.260 e. The molecule has 0 saturated heterocycles. The molecule has 3 rings (SSSR count). The van der Waals surface area contributed by atoms with Crippen LogP contribution in [0.2, 0.25) is 0 Å². The summed E-state index contributed by atoms with van der Waals surface area (Å²) in [6, 6.07) is 7.21. The molecule has 1 aromatic carbocycles. The molecule has 138 valence electrons. The van der Waals surface area contributed by atoms with Crippen molar-refractivity contribution in [2.75, 3.05) is 0 Å². The number of hydrogen-bond acceptors (Lipinski definition) is 1. The lowest BCUT2D eigenvalue weighted by Gasteiger charge is -2.26. The van der Waals surface area contributed by atoms with Crippen molar-refractivity contribution in [3.63, 3.8) is 0 Å². The van der Waals surface area contributed by atoms with Gasteiger partial charge < -0.3 is 0 Å². The highest BCUT2D eigenvalue weighted by Gasteiger charge is 2.22. The first-order valence-electron chi connectivity index (χ1n) is 9.70. The van der Waals surface area contributed by atoms with Crippen LogP contribution in [-0.2, 0) is 6.42 Å². The van der Waals surface area contributed by atoms with E-state index in [0.717, 1.165) is 25.0 Å². The molecule has 2 aromatic rings. The number of hydrogen-bond donors (Lipinski definition) is 0. The van der Waals surface area contributed by atoms with Crippen molar-refractivity contribution in [3.8, 4) is 11.1 Å². The van der Waals surface area contributed by atoms with Crippen molar-refractivity contribution in [2.24, 2.45) is 5.92 Å². The van der Waals surface area contributed by atoms with Crippen LogP contribution >= 0.6 is 0 Å². The monoisotopic (exact) mass is 355 g/mol. The van der Waals surface area contributed by atoms with Gasteiger partial charge in [-0.05, 0) is 56.6 Å². The molecule has 1 aliphatic carbocycles. The number of allylic oxidation sites excluding steroid dienone is 2. The van der Waals surface area contributed by atoms with E-state index < -0.39 is 11.6 Å². The van der Waals surface area contributed by atoms with E-state index in [2.05, 4.69) is 24.1 Å². The Bertz CT molecular complexity index is 757. The quantitative estimate of drug-likeness (QED) is 0.536. The fourth-order valence-corrected chi connectivity index (χ4v) is 3.96. The second kappa shape index (κ2) is 8.57. The summed E-state index contributed by atoms with van der Waals surface area (Å²) < 4.78 is 28.6. The van der Waals surface area contributed by atoms with Gasteiger partial charge in [-0.1, -0.05) is 43.7 Å². The highest BCUT2D eigenvalue weighted by Crippen LogP contribution is 2.36. The number of halogens is 2. The van der Waals surface area contributed by atoms with Gasteiger partial charge in [0.05, 0.1) is 0 Å². The summed E-state index contributed by atoms with van der Waals surface area (Å²) in [5.74, 6) is -0.332. The van der Waals surface area contributed by atoms with Gasteiger partial charge in [0.15, 0.2) is 11.6 Å². The number of rotatable bonds is 5. The fraction of sp³-hybridized carbons (Fsp3) is 0.435. The molecular formula is C23H27F2N. The van der Waals surface area contributed by atoms with E-state index in [0.29, 0.717) is 29.4 Å². The van der Waals surface area contributed by atoms with Crippen molar-refractivity contribution < 1.29 is 8.78 Å². The zero-order chi connectivity index (χ0) is 18.5. The maximum Gasteiger partial charge on any atom is 0.166 e. The molecule has 0 bridgehead atoms. The SMILES string of the molecule is C/C=C/C1CCC(c2ccc(-c3ccc(CCC)c(F)c3F)cn2)CC1. The Morgan fingerprint density at radius 2 is 1.81 bits per heavy atom. The molecule has 0 spiro atoms. The van der Waals surface area contributed by atoms with Crippen LogP contribution in [0.1, 0.15) is 63.1 Å². The van der Waals surface area contributed by atoms with E-state index >= 15 is 0 Å². The van der Waals surface area contributed by atoms with Crippen LogP contribution in [0.15, 0.2) is 42.6 Å². The van der Waals surface area contributed by atoms with Crippen LogP contribution in [0.25, 0.3) is 11.1 Å². The minimum atomic E-state index is -0.766. The predicted octanol–water partition coefficient (Wildman–Crippen LogP) is 6.83. The zero-order valence-corrected chi connectivity index (χ0v) is 15.6. The molecule has 0 amide bonds. The van der Waals surface area contributed by atoms with Gasteiger partial charge in [0.1, 0.15) is 0 Å². The van der Waals surface area contributed by atoms with Crippen molar-refractivity contribution in [1.29, 1.82) is 0 Å². The first-order chi connectivity index (χ1) is 12.6. The van der Waals surface area contributed by atoms with E-state index in [1.54, 1.807) is 18.3 Å². The van der Waals surface area contributed by atoms with Gasteiger partial charge >= 0.3 is 0 Å².